The van der Waals surface area contributed by atoms with E-state index in [9.17, 15) is 34.8 Å². The Bertz CT molecular complexity index is 2870. The molecule has 2 aliphatic carbocycles. The lowest BCUT2D eigenvalue weighted by Gasteiger charge is -2.23. The molecule has 0 unspecified atom stereocenters. The highest BCUT2D eigenvalue weighted by molar-refractivity contribution is 6.28. The molecule has 0 radical (unpaired) electrons. The SMILES string of the molecule is CCC(=O)N[C@H]1C[C@@H](n2cnc3c(NCC(c4ccccc4)c4ccccc4)nc(N4CC[C@@H](NC(=O)N5CC[C@H](Nc6nc(Cl)nc7c6ncn7[C@@H]6C[C@H](NC(=O)CC)[C@@H](O)[C@H]6O)C5)C4)nc32)[C@H](O)[C@@H]1O. The van der Waals surface area contributed by atoms with Gasteiger partial charge in [0.05, 0.1) is 36.8 Å². The quantitative estimate of drug-likeness (QED) is 0.0668. The second-order valence-corrected chi connectivity index (χ2v) is 19.5. The number of rotatable bonds is 15. The van der Waals surface area contributed by atoms with Crippen molar-refractivity contribution in [2.24, 2.45) is 0 Å². The summed E-state index contributed by atoms with van der Waals surface area (Å²) in [6, 6.07) is 17.2. The predicted octanol–water partition coefficient (Wildman–Crippen LogP) is 2.46. The topological polar surface area (TPSA) is 286 Å². The van der Waals surface area contributed by atoms with E-state index < -0.39 is 48.6 Å². The minimum Gasteiger partial charge on any atom is -0.388 e. The van der Waals surface area contributed by atoms with Gasteiger partial charge < -0.3 is 65.9 Å². The maximum atomic E-state index is 13.9. The second-order valence-electron chi connectivity index (χ2n) is 19.2. The molecule has 10 atom stereocenters. The van der Waals surface area contributed by atoms with Crippen molar-refractivity contribution in [1.82, 2.24) is 59.9 Å². The van der Waals surface area contributed by atoms with Crippen LogP contribution in [-0.4, -0.2) is 164 Å². The smallest absolute Gasteiger partial charge is 0.317 e. The van der Waals surface area contributed by atoms with Crippen LogP contribution in [0.25, 0.3) is 22.3 Å². The van der Waals surface area contributed by atoms with Crippen LogP contribution in [-0.2, 0) is 9.59 Å². The van der Waals surface area contributed by atoms with Gasteiger partial charge in [0.2, 0.25) is 23.0 Å². The number of benzene rings is 2. The summed E-state index contributed by atoms with van der Waals surface area (Å²) in [5.41, 5.74) is 3.95. The van der Waals surface area contributed by atoms with Crippen molar-refractivity contribution in [3.63, 3.8) is 0 Å². The Morgan fingerprint density at radius 1 is 0.667 bits per heavy atom. The van der Waals surface area contributed by atoms with Gasteiger partial charge in [-0.05, 0) is 48.4 Å². The molecule has 4 fully saturated rings. The van der Waals surface area contributed by atoms with Crippen LogP contribution in [0.5, 0.6) is 0 Å². The number of halogens is 1. The number of aromatic nitrogens is 8. The Morgan fingerprint density at radius 3 is 1.81 bits per heavy atom. The van der Waals surface area contributed by atoms with E-state index in [4.69, 9.17) is 26.6 Å². The number of aliphatic hydroxyl groups excluding tert-OH is 4. The third-order valence-electron chi connectivity index (χ3n) is 14.6. The monoisotopic (exact) mass is 1010 g/mol. The molecule has 23 heteroatoms. The summed E-state index contributed by atoms with van der Waals surface area (Å²) >= 11 is 6.44. The van der Waals surface area contributed by atoms with Gasteiger partial charge in [0, 0.05) is 63.6 Å². The summed E-state index contributed by atoms with van der Waals surface area (Å²) in [5.74, 6) is 0.788. The van der Waals surface area contributed by atoms with Crippen molar-refractivity contribution in [1.29, 1.82) is 0 Å². The van der Waals surface area contributed by atoms with Gasteiger partial charge in [0.1, 0.15) is 24.4 Å². The summed E-state index contributed by atoms with van der Waals surface area (Å²) in [4.78, 5) is 70.4. The fourth-order valence-corrected chi connectivity index (χ4v) is 10.9. The van der Waals surface area contributed by atoms with Crippen molar-refractivity contribution in [2.75, 3.05) is 48.3 Å². The van der Waals surface area contributed by atoms with Crippen molar-refractivity contribution >= 4 is 69.4 Å². The van der Waals surface area contributed by atoms with Crippen LogP contribution < -0.4 is 31.5 Å². The number of urea groups is 1. The zero-order valence-corrected chi connectivity index (χ0v) is 40.7. The van der Waals surface area contributed by atoms with Crippen LogP contribution in [0.4, 0.5) is 22.4 Å². The predicted molar refractivity (Wildman–Crippen MR) is 267 cm³/mol. The molecule has 72 heavy (non-hydrogen) atoms. The van der Waals surface area contributed by atoms with E-state index in [0.717, 1.165) is 11.1 Å². The van der Waals surface area contributed by atoms with Crippen LogP contribution in [0.3, 0.4) is 0 Å². The van der Waals surface area contributed by atoms with Gasteiger partial charge in [-0.2, -0.15) is 19.9 Å². The maximum Gasteiger partial charge on any atom is 0.317 e. The summed E-state index contributed by atoms with van der Waals surface area (Å²) in [7, 11) is 0. The summed E-state index contributed by atoms with van der Waals surface area (Å²) < 4.78 is 3.41. The Kier molecular flexibility index (Phi) is 14.1. The standard InChI is InChI=1S/C49H60ClN15O7/c1-3-35(66)56-31-19-33(41(70)39(31)68)64-25-53-38-44(58-47(50)60-45(38)64)54-28-16-18-63(23-28)49(72)55-29-15-17-62(22-29)48-59-43(51-21-30(26-11-7-5-8-12-26)27-13-9-6-10-14-27)37-46(61-48)65(24-52-37)34-20-32(40(69)42(34)71)57-36(67)4-2/h5-14,24-25,28-34,39-42,68-71H,3-4,15-23H2,1-2H3,(H,55,72)(H,56,66)(H,57,67)(H,51,59,61)(H,54,58,60)/t28-,29+,31-,32-,33+,34+,39+,40+,41-,42-/m0/s1. The largest absolute Gasteiger partial charge is 0.388 e. The highest BCUT2D eigenvalue weighted by Gasteiger charge is 2.45. The minimum atomic E-state index is -1.20. The van der Waals surface area contributed by atoms with Gasteiger partial charge in [-0.15, -0.1) is 0 Å². The van der Waals surface area contributed by atoms with Gasteiger partial charge in [-0.3, -0.25) is 9.59 Å². The molecule has 0 spiro atoms. The van der Waals surface area contributed by atoms with Crippen molar-refractivity contribution in [2.45, 2.75) is 119 Å². The first kappa shape index (κ1) is 48.9. The number of hydrogen-bond acceptors (Lipinski definition) is 16. The molecule has 9 N–H and O–H groups in total. The van der Waals surface area contributed by atoms with E-state index in [1.54, 1.807) is 34.2 Å². The van der Waals surface area contributed by atoms with Gasteiger partial charge in [-0.25, -0.2) is 14.8 Å². The highest BCUT2D eigenvalue weighted by Crippen LogP contribution is 2.37. The van der Waals surface area contributed by atoms with E-state index in [0.29, 0.717) is 85.5 Å². The number of amides is 4. The van der Waals surface area contributed by atoms with Crippen molar-refractivity contribution in [3.8, 4) is 0 Å². The first-order valence-electron chi connectivity index (χ1n) is 24.7. The average Bonchev–Trinajstić information content (AvgIpc) is 4.28. The lowest BCUT2D eigenvalue weighted by Crippen LogP contribution is -2.45. The lowest BCUT2D eigenvalue weighted by atomic mass is 9.91. The number of likely N-dealkylation sites (tertiary alicyclic amines) is 1. The van der Waals surface area contributed by atoms with Gasteiger partial charge in [0.25, 0.3) is 0 Å². The first-order chi connectivity index (χ1) is 34.9. The molecule has 4 amide bonds. The Hall–Kier alpha value is -6.72. The number of anilines is 3. The summed E-state index contributed by atoms with van der Waals surface area (Å²) in [6.07, 6.45) is 0.603. The number of imidazole rings is 2. The van der Waals surface area contributed by atoms with Gasteiger partial charge >= 0.3 is 6.03 Å². The number of nitrogens with one attached hydrogen (secondary N) is 5. The van der Waals surface area contributed by atoms with Crippen LogP contribution in [0.1, 0.15) is 81.5 Å². The lowest BCUT2D eigenvalue weighted by molar-refractivity contribution is -0.123. The van der Waals surface area contributed by atoms with Crippen LogP contribution in [0.2, 0.25) is 5.28 Å². The van der Waals surface area contributed by atoms with Gasteiger partial charge in [0.15, 0.2) is 34.0 Å². The van der Waals surface area contributed by atoms with Crippen molar-refractivity contribution in [3.05, 3.63) is 89.7 Å². The molecule has 2 saturated carbocycles. The molecule has 4 aromatic heterocycles. The zero-order chi connectivity index (χ0) is 50.2. The van der Waals surface area contributed by atoms with E-state index >= 15 is 0 Å². The van der Waals surface area contributed by atoms with E-state index in [1.807, 2.05) is 41.3 Å². The van der Waals surface area contributed by atoms with Crippen molar-refractivity contribution < 1.29 is 34.8 Å². The summed E-state index contributed by atoms with van der Waals surface area (Å²) in [5, 5.41) is 59.9. The molecular formula is C49H60ClN15O7. The minimum absolute atomic E-state index is 0.0356. The molecule has 2 aromatic carbocycles. The number of nitrogens with zero attached hydrogens (tertiary/aromatic N) is 10. The molecule has 10 rings (SSSR count). The molecule has 4 aliphatic rings. The number of carbonyl (C=O) groups excluding carboxylic acids is 3. The van der Waals surface area contributed by atoms with Gasteiger partial charge in [-0.1, -0.05) is 74.5 Å². The molecular weight excluding hydrogens is 946 g/mol. The Balaban J connectivity index is 0.836. The van der Waals surface area contributed by atoms with Crippen LogP contribution >= 0.6 is 11.6 Å². The maximum absolute atomic E-state index is 13.9. The fraction of sp³-hybridized carbons (Fsp3) is 0.490. The normalized spacial score (nSPS) is 26.2. The first-order valence-corrected chi connectivity index (χ1v) is 25.1. The molecule has 0 bridgehead atoms. The average molecular weight is 1010 g/mol. The molecule has 2 saturated heterocycles. The van der Waals surface area contributed by atoms with Crippen LogP contribution in [0, 0.1) is 0 Å². The summed E-state index contributed by atoms with van der Waals surface area (Å²) in [6.45, 7) is 5.74. The van der Waals surface area contributed by atoms with E-state index in [-0.39, 0.29) is 66.8 Å². The second kappa shape index (κ2) is 20.8. The number of hydrogen-bond donors (Lipinski definition) is 9. The zero-order valence-electron chi connectivity index (χ0n) is 39.9. The Morgan fingerprint density at radius 2 is 1.22 bits per heavy atom. The Labute approximate surface area is 419 Å². The molecule has 6 aromatic rings. The molecule has 380 valence electrons. The van der Waals surface area contributed by atoms with E-state index in [1.165, 1.54) is 6.33 Å². The third kappa shape index (κ3) is 9.80. The fourth-order valence-electron chi connectivity index (χ4n) is 10.7. The number of carbonyl (C=O) groups is 3. The molecule has 6 heterocycles. The highest BCUT2D eigenvalue weighted by atomic mass is 35.5. The van der Waals surface area contributed by atoms with Crippen LogP contribution in [0.15, 0.2) is 73.3 Å². The molecule has 2 aliphatic heterocycles. The number of fused-ring (bicyclic) bond motifs is 2. The third-order valence-corrected chi connectivity index (χ3v) is 14.8. The number of aliphatic hydroxyl groups is 4. The van der Waals surface area contributed by atoms with E-state index in [2.05, 4.69) is 65.8 Å². The molecule has 22 nitrogen and oxygen atoms in total.